The summed E-state index contributed by atoms with van der Waals surface area (Å²) in [4.78, 5) is 12.5. The molecule has 0 spiro atoms. The number of hydrogen-bond acceptors (Lipinski definition) is 4. The van der Waals surface area contributed by atoms with Crippen LogP contribution in [0.15, 0.2) is 77.9 Å². The predicted molar refractivity (Wildman–Crippen MR) is 119 cm³/mol. The van der Waals surface area contributed by atoms with Crippen LogP contribution in [0.2, 0.25) is 0 Å². The van der Waals surface area contributed by atoms with E-state index in [-0.39, 0.29) is 5.91 Å². The van der Waals surface area contributed by atoms with E-state index in [1.54, 1.807) is 6.07 Å². The third-order valence-corrected chi connectivity index (χ3v) is 4.78. The number of H-pyrrole nitrogens is 1. The lowest BCUT2D eigenvalue weighted by molar-refractivity contribution is 0.0950. The van der Waals surface area contributed by atoms with Gasteiger partial charge >= 0.3 is 0 Å². The summed E-state index contributed by atoms with van der Waals surface area (Å²) in [5, 5.41) is 13.6. The van der Waals surface area contributed by atoms with Crippen LogP contribution in [0, 0.1) is 0 Å². The van der Waals surface area contributed by atoms with E-state index >= 15 is 0 Å². The molecule has 30 heavy (non-hydrogen) atoms. The van der Waals surface area contributed by atoms with Gasteiger partial charge in [-0.05, 0) is 54.4 Å². The van der Waals surface area contributed by atoms with Crippen LogP contribution in [-0.4, -0.2) is 28.4 Å². The second-order valence-electron chi connectivity index (χ2n) is 6.80. The number of hydrogen-bond donors (Lipinski definition) is 2. The fourth-order valence-electron chi connectivity index (χ4n) is 3.21. The van der Waals surface area contributed by atoms with Gasteiger partial charge in [-0.1, -0.05) is 48.5 Å². The van der Waals surface area contributed by atoms with Gasteiger partial charge in [-0.15, -0.1) is 0 Å². The molecule has 0 aliphatic heterocycles. The van der Waals surface area contributed by atoms with Crippen LogP contribution in [0.3, 0.4) is 0 Å². The number of fused-ring (bicyclic) bond motifs is 1. The molecule has 3 aromatic carbocycles. The summed E-state index contributed by atoms with van der Waals surface area (Å²) < 4.78 is 5.64. The number of carbonyl (C=O) groups is 1. The molecule has 0 aliphatic rings. The number of nitrogens with zero attached hydrogens (tertiary/aromatic N) is 2. The molecule has 0 saturated heterocycles. The van der Waals surface area contributed by atoms with Crippen molar-refractivity contribution in [2.75, 3.05) is 6.61 Å². The van der Waals surface area contributed by atoms with Crippen LogP contribution in [0.25, 0.3) is 22.0 Å². The van der Waals surface area contributed by atoms with Crippen molar-refractivity contribution in [2.24, 2.45) is 5.10 Å². The molecule has 0 fully saturated rings. The van der Waals surface area contributed by atoms with Gasteiger partial charge < -0.3 is 4.74 Å². The van der Waals surface area contributed by atoms with Gasteiger partial charge in [0.2, 0.25) is 0 Å². The first-order chi connectivity index (χ1) is 14.7. The highest BCUT2D eigenvalue weighted by Gasteiger charge is 2.13. The van der Waals surface area contributed by atoms with E-state index < -0.39 is 0 Å². The third-order valence-electron chi connectivity index (χ3n) is 4.78. The first-order valence-corrected chi connectivity index (χ1v) is 9.77. The van der Waals surface area contributed by atoms with E-state index in [1.807, 2.05) is 62.4 Å². The maximum absolute atomic E-state index is 12.5. The van der Waals surface area contributed by atoms with E-state index in [0.717, 1.165) is 33.4 Å². The Morgan fingerprint density at radius 1 is 1.03 bits per heavy atom. The highest BCUT2D eigenvalue weighted by atomic mass is 16.5. The van der Waals surface area contributed by atoms with Gasteiger partial charge in [0.05, 0.1) is 18.0 Å². The highest BCUT2D eigenvalue weighted by molar-refractivity contribution is 6.03. The van der Waals surface area contributed by atoms with Crippen LogP contribution in [-0.2, 0) is 0 Å². The molecule has 1 amide bonds. The third kappa shape index (κ3) is 4.07. The van der Waals surface area contributed by atoms with Gasteiger partial charge in [0.15, 0.2) is 0 Å². The Balaban J connectivity index is 1.50. The molecule has 6 heteroatoms. The lowest BCUT2D eigenvalue weighted by atomic mass is 10.0. The molecule has 0 radical (unpaired) electrons. The molecule has 1 aromatic heterocycles. The van der Waals surface area contributed by atoms with Crippen molar-refractivity contribution in [3.05, 3.63) is 84.1 Å². The Morgan fingerprint density at radius 2 is 1.80 bits per heavy atom. The van der Waals surface area contributed by atoms with Gasteiger partial charge in [0.1, 0.15) is 11.4 Å². The molecule has 0 aliphatic carbocycles. The molecule has 0 unspecified atom stereocenters. The predicted octanol–water partition coefficient (Wildman–Crippen LogP) is 4.78. The van der Waals surface area contributed by atoms with Crippen LogP contribution in [0.1, 0.15) is 29.9 Å². The number of aromatic nitrogens is 2. The van der Waals surface area contributed by atoms with Gasteiger partial charge in [-0.3, -0.25) is 9.89 Å². The zero-order chi connectivity index (χ0) is 20.9. The second kappa shape index (κ2) is 8.61. The number of amides is 1. The van der Waals surface area contributed by atoms with Gasteiger partial charge in [-0.25, -0.2) is 5.43 Å². The number of carbonyl (C=O) groups excluding carboxylic acids is 1. The van der Waals surface area contributed by atoms with Gasteiger partial charge in [0, 0.05) is 5.56 Å². The second-order valence-corrected chi connectivity index (χ2v) is 6.80. The quantitative estimate of drug-likeness (QED) is 0.362. The first-order valence-electron chi connectivity index (χ1n) is 9.77. The monoisotopic (exact) mass is 398 g/mol. The molecule has 2 N–H and O–H groups in total. The van der Waals surface area contributed by atoms with Crippen LogP contribution in [0.5, 0.6) is 5.75 Å². The molecular weight excluding hydrogens is 376 g/mol. The summed E-state index contributed by atoms with van der Waals surface area (Å²) in [6, 6.07) is 23.5. The zero-order valence-electron chi connectivity index (χ0n) is 16.8. The minimum Gasteiger partial charge on any atom is -0.493 e. The van der Waals surface area contributed by atoms with Crippen molar-refractivity contribution in [2.45, 2.75) is 13.8 Å². The summed E-state index contributed by atoms with van der Waals surface area (Å²) >= 11 is 0. The van der Waals surface area contributed by atoms with E-state index in [1.165, 1.54) is 0 Å². The molecule has 150 valence electrons. The molecule has 1 heterocycles. The van der Waals surface area contributed by atoms with Crippen LogP contribution < -0.4 is 10.2 Å². The molecule has 4 rings (SSSR count). The van der Waals surface area contributed by atoms with E-state index in [0.29, 0.717) is 18.0 Å². The SMILES string of the molecule is CCOc1ccccc1-c1cc(C(=O)N/N=C(\C)c2ccc3ccccc3c2)[nH]n1. The van der Waals surface area contributed by atoms with Crippen molar-refractivity contribution in [1.82, 2.24) is 15.6 Å². The lowest BCUT2D eigenvalue weighted by Crippen LogP contribution is -2.19. The molecule has 0 bridgehead atoms. The van der Waals surface area contributed by atoms with Crippen LogP contribution in [0.4, 0.5) is 0 Å². The number of benzene rings is 3. The fraction of sp³-hybridized carbons (Fsp3) is 0.125. The Morgan fingerprint density at radius 3 is 2.63 bits per heavy atom. The molecule has 0 atom stereocenters. The first kappa shape index (κ1) is 19.4. The molecule has 0 saturated carbocycles. The number of para-hydroxylation sites is 1. The summed E-state index contributed by atoms with van der Waals surface area (Å²) in [6.07, 6.45) is 0. The van der Waals surface area contributed by atoms with Gasteiger partial charge in [0.25, 0.3) is 5.91 Å². The smallest absolute Gasteiger partial charge is 0.289 e. The Bertz CT molecular complexity index is 1230. The number of hydrazone groups is 1. The number of nitrogens with one attached hydrogen (secondary N) is 2. The van der Waals surface area contributed by atoms with E-state index in [9.17, 15) is 4.79 Å². The topological polar surface area (TPSA) is 79.4 Å². The average Bonchev–Trinajstić information content (AvgIpc) is 3.28. The normalized spacial score (nSPS) is 11.5. The molecule has 6 nitrogen and oxygen atoms in total. The Kier molecular flexibility index (Phi) is 5.57. The van der Waals surface area contributed by atoms with Crippen molar-refractivity contribution in [3.63, 3.8) is 0 Å². The number of aromatic amines is 1. The fourth-order valence-corrected chi connectivity index (χ4v) is 3.21. The largest absolute Gasteiger partial charge is 0.493 e. The summed E-state index contributed by atoms with van der Waals surface area (Å²) in [5.74, 6) is 0.367. The summed E-state index contributed by atoms with van der Waals surface area (Å²) in [7, 11) is 0. The Hall–Kier alpha value is -3.93. The average molecular weight is 398 g/mol. The minimum atomic E-state index is -0.359. The summed E-state index contributed by atoms with van der Waals surface area (Å²) in [5.41, 5.74) is 6.05. The van der Waals surface area contributed by atoms with Gasteiger partial charge in [-0.2, -0.15) is 10.2 Å². The zero-order valence-corrected chi connectivity index (χ0v) is 16.8. The van der Waals surface area contributed by atoms with Crippen molar-refractivity contribution >= 4 is 22.4 Å². The van der Waals surface area contributed by atoms with Crippen molar-refractivity contribution in [1.29, 1.82) is 0 Å². The van der Waals surface area contributed by atoms with E-state index in [4.69, 9.17) is 4.74 Å². The standard InChI is InChI=1S/C24H22N4O2/c1-3-30-23-11-7-6-10-20(23)21-15-22(27-26-21)24(29)28-25-16(2)18-13-12-17-8-4-5-9-19(17)14-18/h4-15H,3H2,1-2H3,(H,26,27)(H,28,29)/b25-16+. The number of ether oxygens (including phenoxy) is 1. The van der Waals surface area contributed by atoms with Crippen molar-refractivity contribution < 1.29 is 9.53 Å². The van der Waals surface area contributed by atoms with Crippen LogP contribution >= 0.6 is 0 Å². The Labute approximate surface area is 174 Å². The minimum absolute atomic E-state index is 0.325. The molecule has 4 aromatic rings. The maximum Gasteiger partial charge on any atom is 0.289 e. The lowest BCUT2D eigenvalue weighted by Gasteiger charge is -2.07. The number of rotatable bonds is 6. The highest BCUT2D eigenvalue weighted by Crippen LogP contribution is 2.28. The summed E-state index contributed by atoms with van der Waals surface area (Å²) in [6.45, 7) is 4.34. The van der Waals surface area contributed by atoms with Crippen molar-refractivity contribution in [3.8, 4) is 17.0 Å². The van der Waals surface area contributed by atoms with E-state index in [2.05, 4.69) is 38.9 Å². The maximum atomic E-state index is 12.5. The molecular formula is C24H22N4O2.